The van der Waals surface area contributed by atoms with Crippen molar-refractivity contribution in [3.8, 4) is 0 Å². The van der Waals surface area contributed by atoms with Gasteiger partial charge in [0.25, 0.3) is 0 Å². The Hall–Kier alpha value is -3.59. The molecule has 3 aliphatic heterocycles. The van der Waals surface area contributed by atoms with Crippen LogP contribution in [0.4, 0.5) is 27.1 Å². The van der Waals surface area contributed by atoms with E-state index in [1.54, 1.807) is 22.7 Å². The zero-order valence-electron chi connectivity index (χ0n) is 21.0. The number of amidine groups is 1. The normalized spacial score (nSPS) is 16.1. The van der Waals surface area contributed by atoms with Gasteiger partial charge >= 0.3 is 0 Å². The lowest BCUT2D eigenvalue weighted by molar-refractivity contribution is 0.216. The molecule has 7 rings (SSSR count). The van der Waals surface area contributed by atoms with E-state index in [2.05, 4.69) is 82.2 Å². The zero-order valence-corrected chi connectivity index (χ0v) is 22.6. The maximum absolute atomic E-state index is 6.10. The molecule has 4 aromatic rings. The molecule has 4 N–H and O–H groups in total. The predicted octanol–water partition coefficient (Wildman–Crippen LogP) is 6.70. The second-order valence-electron chi connectivity index (χ2n) is 9.44. The molecule has 6 nitrogen and oxygen atoms in total. The van der Waals surface area contributed by atoms with Gasteiger partial charge in [-0.05, 0) is 55.8 Å². The molecule has 0 radical (unpaired) electrons. The molecule has 5 heterocycles. The first-order valence-corrected chi connectivity index (χ1v) is 14.1. The molecule has 3 aliphatic rings. The number of rotatable bonds is 0. The van der Waals surface area contributed by atoms with Crippen molar-refractivity contribution in [1.82, 2.24) is 9.80 Å². The lowest BCUT2D eigenvalue weighted by Crippen LogP contribution is -2.47. The van der Waals surface area contributed by atoms with Crippen LogP contribution in [0, 0.1) is 6.92 Å². The van der Waals surface area contributed by atoms with Crippen molar-refractivity contribution >= 4 is 67.3 Å². The number of aliphatic imine (C=N–C) groups is 1. The first-order valence-electron chi connectivity index (χ1n) is 12.5. The lowest BCUT2D eigenvalue weighted by atomic mass is 10.1. The molecule has 0 saturated carbocycles. The summed E-state index contributed by atoms with van der Waals surface area (Å²) < 4.78 is 0. The summed E-state index contributed by atoms with van der Waals surface area (Å²) in [7, 11) is 2.18. The molecule has 0 spiro atoms. The maximum atomic E-state index is 6.10. The molecular weight excluding hydrogens is 496 g/mol. The SMILES string of the molecule is CN1CCN(C2=Nc3ccccc3Nc3sccc32)CC1.Cc1cc2c(s1)Nc1ccccc1C=C2N. The minimum absolute atomic E-state index is 0.830. The predicted molar refractivity (Wildman–Crippen MR) is 160 cm³/mol. The molecule has 8 heteroatoms. The quantitative estimate of drug-likeness (QED) is 0.238. The third kappa shape index (κ3) is 4.87. The molecule has 0 atom stereocenters. The summed E-state index contributed by atoms with van der Waals surface area (Å²) in [6.45, 7) is 6.35. The molecule has 37 heavy (non-hydrogen) atoms. The molecule has 0 unspecified atom stereocenters. The molecule has 0 amide bonds. The number of anilines is 4. The highest BCUT2D eigenvalue weighted by Crippen LogP contribution is 2.39. The second kappa shape index (κ2) is 10.0. The van der Waals surface area contributed by atoms with Gasteiger partial charge in [0.1, 0.15) is 15.8 Å². The molecule has 188 valence electrons. The summed E-state index contributed by atoms with van der Waals surface area (Å²) in [6.07, 6.45) is 2.03. The third-order valence-corrected chi connectivity index (χ3v) is 8.57. The summed E-state index contributed by atoms with van der Waals surface area (Å²) in [5.41, 5.74) is 13.6. The van der Waals surface area contributed by atoms with Crippen LogP contribution >= 0.6 is 22.7 Å². The van der Waals surface area contributed by atoms with Crippen molar-refractivity contribution in [3.05, 3.63) is 87.6 Å². The minimum atomic E-state index is 0.830. The fraction of sp³-hybridized carbons (Fsp3) is 0.207. The number of para-hydroxylation sites is 3. The van der Waals surface area contributed by atoms with Crippen LogP contribution in [-0.2, 0) is 0 Å². The van der Waals surface area contributed by atoms with Gasteiger partial charge < -0.3 is 26.2 Å². The Balaban J connectivity index is 0.000000141. The molecular formula is C29H30N6S2. The maximum Gasteiger partial charge on any atom is 0.139 e. The number of thiophene rings is 2. The molecule has 0 aliphatic carbocycles. The lowest BCUT2D eigenvalue weighted by Gasteiger charge is -2.34. The van der Waals surface area contributed by atoms with Crippen LogP contribution in [0.25, 0.3) is 11.8 Å². The number of fused-ring (bicyclic) bond motifs is 4. The molecule has 1 fully saturated rings. The van der Waals surface area contributed by atoms with Gasteiger partial charge in [0.2, 0.25) is 0 Å². The number of nitrogens with one attached hydrogen (secondary N) is 2. The zero-order chi connectivity index (χ0) is 25.4. The molecule has 2 aromatic carbocycles. The van der Waals surface area contributed by atoms with Crippen molar-refractivity contribution in [1.29, 1.82) is 0 Å². The van der Waals surface area contributed by atoms with Gasteiger partial charge in [0.15, 0.2) is 0 Å². The number of hydrogen-bond donors (Lipinski definition) is 3. The Kier molecular flexibility index (Phi) is 6.46. The van der Waals surface area contributed by atoms with Crippen LogP contribution in [0.2, 0.25) is 0 Å². The Morgan fingerprint density at radius 1 is 0.865 bits per heavy atom. The highest BCUT2D eigenvalue weighted by atomic mass is 32.1. The van der Waals surface area contributed by atoms with Crippen molar-refractivity contribution in [2.24, 2.45) is 10.7 Å². The first kappa shape index (κ1) is 23.8. The van der Waals surface area contributed by atoms with Gasteiger partial charge in [-0.1, -0.05) is 30.3 Å². The summed E-state index contributed by atoms with van der Waals surface area (Å²) in [5.74, 6) is 1.11. The van der Waals surface area contributed by atoms with Crippen molar-refractivity contribution < 1.29 is 0 Å². The monoisotopic (exact) mass is 526 g/mol. The number of benzene rings is 2. The van der Waals surface area contributed by atoms with Crippen LogP contribution in [0.1, 0.15) is 21.6 Å². The third-order valence-electron chi connectivity index (χ3n) is 6.77. The number of nitrogens with zero attached hydrogens (tertiary/aromatic N) is 3. The minimum Gasteiger partial charge on any atom is -0.398 e. The Bertz CT molecular complexity index is 1490. The number of nitrogens with two attached hydrogens (primary N) is 1. The van der Waals surface area contributed by atoms with E-state index < -0.39 is 0 Å². The second-order valence-corrected chi connectivity index (χ2v) is 11.6. The number of likely N-dealkylation sites (N-methyl/N-ethyl adjacent to an activating group) is 1. The van der Waals surface area contributed by atoms with Crippen LogP contribution in [0.5, 0.6) is 0 Å². The Labute approximate surface area is 225 Å². The van der Waals surface area contributed by atoms with Crippen molar-refractivity contribution in [2.75, 3.05) is 43.9 Å². The molecule has 1 saturated heterocycles. The fourth-order valence-corrected chi connectivity index (χ4v) is 6.48. The summed E-state index contributed by atoms with van der Waals surface area (Å²) in [6, 6.07) is 20.8. The van der Waals surface area contributed by atoms with Crippen molar-refractivity contribution in [2.45, 2.75) is 6.92 Å². The number of hydrogen-bond acceptors (Lipinski definition) is 8. The van der Waals surface area contributed by atoms with Gasteiger partial charge in [-0.2, -0.15) is 0 Å². The average Bonchev–Trinajstić information content (AvgIpc) is 3.44. The van der Waals surface area contributed by atoms with E-state index in [4.69, 9.17) is 10.7 Å². The van der Waals surface area contributed by atoms with E-state index in [1.807, 2.05) is 24.3 Å². The molecule has 2 aromatic heterocycles. The molecule has 0 bridgehead atoms. The van der Waals surface area contributed by atoms with Crippen LogP contribution < -0.4 is 16.4 Å². The number of piperazine rings is 1. The van der Waals surface area contributed by atoms with E-state index in [1.165, 1.54) is 15.4 Å². The number of aryl methyl sites for hydroxylation is 1. The largest absolute Gasteiger partial charge is 0.398 e. The van der Waals surface area contributed by atoms with E-state index >= 15 is 0 Å². The van der Waals surface area contributed by atoms with Gasteiger partial charge in [-0.3, -0.25) is 0 Å². The highest BCUT2D eigenvalue weighted by Gasteiger charge is 2.24. The summed E-state index contributed by atoms with van der Waals surface area (Å²) >= 11 is 3.48. The summed E-state index contributed by atoms with van der Waals surface area (Å²) in [4.78, 5) is 11.0. The van der Waals surface area contributed by atoms with E-state index in [0.717, 1.165) is 70.9 Å². The summed E-state index contributed by atoms with van der Waals surface area (Å²) in [5, 5.41) is 11.4. The fourth-order valence-electron chi connectivity index (χ4n) is 4.74. The van der Waals surface area contributed by atoms with Gasteiger partial charge in [0, 0.05) is 53.6 Å². The van der Waals surface area contributed by atoms with Crippen molar-refractivity contribution in [3.63, 3.8) is 0 Å². The first-order chi connectivity index (χ1) is 18.0. The Morgan fingerprint density at radius 2 is 1.59 bits per heavy atom. The van der Waals surface area contributed by atoms with E-state index in [-0.39, 0.29) is 0 Å². The van der Waals surface area contributed by atoms with E-state index in [9.17, 15) is 0 Å². The van der Waals surface area contributed by atoms with Crippen LogP contribution in [0.3, 0.4) is 0 Å². The van der Waals surface area contributed by atoms with Gasteiger partial charge in [0.05, 0.1) is 16.9 Å². The average molecular weight is 527 g/mol. The smallest absolute Gasteiger partial charge is 0.139 e. The van der Waals surface area contributed by atoms with Crippen LogP contribution in [-0.4, -0.2) is 48.9 Å². The van der Waals surface area contributed by atoms with Gasteiger partial charge in [-0.25, -0.2) is 4.99 Å². The van der Waals surface area contributed by atoms with Gasteiger partial charge in [-0.15, -0.1) is 22.7 Å². The van der Waals surface area contributed by atoms with E-state index in [0.29, 0.717) is 0 Å². The Morgan fingerprint density at radius 3 is 2.43 bits per heavy atom. The van der Waals surface area contributed by atoms with Crippen LogP contribution in [0.15, 0.2) is 71.0 Å². The highest BCUT2D eigenvalue weighted by molar-refractivity contribution is 7.16. The standard InChI is InChI=1S/C16H18N4S.C13H12N2S/c1-19-7-9-20(10-8-19)15-12-6-11-21-16(12)18-14-5-3-2-4-13(14)17-15;1-8-6-10-11(14)7-9-4-2-3-5-12(9)15-13(10)16-8/h2-6,11,18H,7-10H2,1H3;2-7,15H,14H2,1H3. The topological polar surface area (TPSA) is 68.9 Å².